The lowest BCUT2D eigenvalue weighted by Gasteiger charge is -2.24. The van der Waals surface area contributed by atoms with Gasteiger partial charge in [0.25, 0.3) is 0 Å². The standard InChI is InChI=1S/C11H21N/c1-4-11-6-5-8-12(9-7-11)10(2)3/h6,10H,4-5,7-9H2,1-3H3. The van der Waals surface area contributed by atoms with Crippen LogP contribution in [0, 0.1) is 0 Å². The van der Waals surface area contributed by atoms with Crippen LogP contribution in [-0.2, 0) is 0 Å². The van der Waals surface area contributed by atoms with Gasteiger partial charge in [-0.25, -0.2) is 0 Å². The number of hydrogen-bond donors (Lipinski definition) is 0. The van der Waals surface area contributed by atoms with Crippen molar-refractivity contribution >= 4 is 0 Å². The van der Waals surface area contributed by atoms with E-state index in [1.807, 2.05) is 0 Å². The molecule has 0 saturated heterocycles. The van der Waals surface area contributed by atoms with Gasteiger partial charge in [-0.05, 0) is 33.1 Å². The maximum absolute atomic E-state index is 2.57. The first kappa shape index (κ1) is 9.79. The highest BCUT2D eigenvalue weighted by Crippen LogP contribution is 2.15. The van der Waals surface area contributed by atoms with Crippen molar-refractivity contribution in [3.63, 3.8) is 0 Å². The van der Waals surface area contributed by atoms with Crippen LogP contribution in [0.2, 0.25) is 0 Å². The minimum absolute atomic E-state index is 0.717. The van der Waals surface area contributed by atoms with E-state index in [4.69, 9.17) is 0 Å². The van der Waals surface area contributed by atoms with Crippen molar-refractivity contribution in [1.29, 1.82) is 0 Å². The van der Waals surface area contributed by atoms with Gasteiger partial charge in [-0.2, -0.15) is 0 Å². The van der Waals surface area contributed by atoms with E-state index in [9.17, 15) is 0 Å². The van der Waals surface area contributed by atoms with Gasteiger partial charge in [0.2, 0.25) is 0 Å². The summed E-state index contributed by atoms with van der Waals surface area (Å²) >= 11 is 0. The van der Waals surface area contributed by atoms with Crippen LogP contribution in [0.4, 0.5) is 0 Å². The molecule has 0 amide bonds. The zero-order valence-electron chi connectivity index (χ0n) is 8.64. The third-order valence-corrected chi connectivity index (χ3v) is 2.75. The third kappa shape index (κ3) is 2.63. The maximum Gasteiger partial charge on any atom is 0.00388 e. The Morgan fingerprint density at radius 2 is 2.17 bits per heavy atom. The molecule has 0 aromatic heterocycles. The SMILES string of the molecule is CCC1=CCCN(C(C)C)CC1. The van der Waals surface area contributed by atoms with Crippen molar-refractivity contribution in [1.82, 2.24) is 4.90 Å². The fourth-order valence-corrected chi connectivity index (χ4v) is 1.77. The normalized spacial score (nSPS) is 20.8. The molecule has 0 N–H and O–H groups in total. The van der Waals surface area contributed by atoms with Gasteiger partial charge < -0.3 is 4.90 Å². The van der Waals surface area contributed by atoms with E-state index in [1.54, 1.807) is 5.57 Å². The maximum atomic E-state index is 2.57. The number of hydrogen-bond acceptors (Lipinski definition) is 1. The minimum atomic E-state index is 0.717. The average Bonchev–Trinajstić information content (AvgIpc) is 2.28. The smallest absolute Gasteiger partial charge is 0.00388 e. The molecule has 0 fully saturated rings. The molecule has 0 aromatic rings. The summed E-state index contributed by atoms with van der Waals surface area (Å²) in [5.41, 5.74) is 1.65. The summed E-state index contributed by atoms with van der Waals surface area (Å²) in [7, 11) is 0. The fourth-order valence-electron chi connectivity index (χ4n) is 1.77. The molecule has 1 heteroatoms. The molecule has 0 aliphatic carbocycles. The van der Waals surface area contributed by atoms with E-state index >= 15 is 0 Å². The lowest BCUT2D eigenvalue weighted by atomic mass is 10.1. The topological polar surface area (TPSA) is 3.24 Å². The molecule has 1 aliphatic rings. The van der Waals surface area contributed by atoms with Gasteiger partial charge >= 0.3 is 0 Å². The second kappa shape index (κ2) is 4.66. The molecule has 1 rings (SSSR count). The van der Waals surface area contributed by atoms with E-state index in [2.05, 4.69) is 31.7 Å². The molecule has 0 radical (unpaired) electrons. The molecule has 0 unspecified atom stereocenters. The van der Waals surface area contributed by atoms with Crippen molar-refractivity contribution in [3.8, 4) is 0 Å². The monoisotopic (exact) mass is 167 g/mol. The van der Waals surface area contributed by atoms with E-state index < -0.39 is 0 Å². The Labute approximate surface area is 76.5 Å². The Balaban J connectivity index is 2.42. The van der Waals surface area contributed by atoms with Gasteiger partial charge in [0.05, 0.1) is 0 Å². The molecule has 1 aliphatic heterocycles. The molecule has 0 aromatic carbocycles. The van der Waals surface area contributed by atoms with Crippen LogP contribution in [0.25, 0.3) is 0 Å². The zero-order valence-corrected chi connectivity index (χ0v) is 8.64. The van der Waals surface area contributed by atoms with Crippen LogP contribution >= 0.6 is 0 Å². The zero-order chi connectivity index (χ0) is 8.97. The third-order valence-electron chi connectivity index (χ3n) is 2.75. The molecule has 0 bridgehead atoms. The largest absolute Gasteiger partial charge is 0.300 e. The number of rotatable bonds is 2. The lowest BCUT2D eigenvalue weighted by Crippen LogP contribution is -2.31. The van der Waals surface area contributed by atoms with Crippen molar-refractivity contribution in [2.75, 3.05) is 13.1 Å². The first-order valence-electron chi connectivity index (χ1n) is 5.16. The van der Waals surface area contributed by atoms with Gasteiger partial charge in [0.1, 0.15) is 0 Å². The molecule has 1 heterocycles. The van der Waals surface area contributed by atoms with Crippen molar-refractivity contribution in [2.45, 2.75) is 46.1 Å². The summed E-state index contributed by atoms with van der Waals surface area (Å²) in [5, 5.41) is 0. The average molecular weight is 167 g/mol. The van der Waals surface area contributed by atoms with E-state index in [0.717, 1.165) is 6.04 Å². The van der Waals surface area contributed by atoms with Gasteiger partial charge in [0.15, 0.2) is 0 Å². The molecule has 0 saturated carbocycles. The number of nitrogens with zero attached hydrogens (tertiary/aromatic N) is 1. The second-order valence-electron chi connectivity index (χ2n) is 3.88. The molecular formula is C11H21N. The fraction of sp³-hybridized carbons (Fsp3) is 0.818. The molecule has 1 nitrogen and oxygen atoms in total. The molecule has 70 valence electrons. The highest BCUT2D eigenvalue weighted by Gasteiger charge is 2.11. The summed E-state index contributed by atoms with van der Waals surface area (Å²) in [6.07, 6.45) is 6.21. The van der Waals surface area contributed by atoms with Crippen LogP contribution in [0.1, 0.15) is 40.0 Å². The van der Waals surface area contributed by atoms with Crippen molar-refractivity contribution in [3.05, 3.63) is 11.6 Å². The predicted octanol–water partition coefficient (Wildman–Crippen LogP) is 2.83. The predicted molar refractivity (Wildman–Crippen MR) is 54.3 cm³/mol. The quantitative estimate of drug-likeness (QED) is 0.572. The van der Waals surface area contributed by atoms with E-state index in [1.165, 1.54) is 32.4 Å². The van der Waals surface area contributed by atoms with Crippen molar-refractivity contribution in [2.24, 2.45) is 0 Å². The highest BCUT2D eigenvalue weighted by molar-refractivity contribution is 5.04. The summed E-state index contributed by atoms with van der Waals surface area (Å²) in [6.45, 7) is 9.35. The Morgan fingerprint density at radius 3 is 2.75 bits per heavy atom. The van der Waals surface area contributed by atoms with Gasteiger partial charge in [-0.1, -0.05) is 18.6 Å². The summed E-state index contributed by atoms with van der Waals surface area (Å²) in [4.78, 5) is 2.57. The first-order chi connectivity index (χ1) is 5.74. The summed E-state index contributed by atoms with van der Waals surface area (Å²) in [5.74, 6) is 0. The van der Waals surface area contributed by atoms with E-state index in [-0.39, 0.29) is 0 Å². The van der Waals surface area contributed by atoms with Gasteiger partial charge in [0, 0.05) is 19.1 Å². The van der Waals surface area contributed by atoms with Crippen LogP contribution in [-0.4, -0.2) is 24.0 Å². The Morgan fingerprint density at radius 1 is 1.42 bits per heavy atom. The summed E-state index contributed by atoms with van der Waals surface area (Å²) in [6, 6.07) is 0.717. The first-order valence-corrected chi connectivity index (χ1v) is 5.16. The molecule has 12 heavy (non-hydrogen) atoms. The Bertz CT molecular complexity index is 158. The lowest BCUT2D eigenvalue weighted by molar-refractivity contribution is 0.233. The summed E-state index contributed by atoms with van der Waals surface area (Å²) < 4.78 is 0. The molecule has 0 spiro atoms. The van der Waals surface area contributed by atoms with Crippen LogP contribution < -0.4 is 0 Å². The Hall–Kier alpha value is -0.300. The van der Waals surface area contributed by atoms with Gasteiger partial charge in [-0.15, -0.1) is 0 Å². The van der Waals surface area contributed by atoms with Crippen LogP contribution in [0.5, 0.6) is 0 Å². The molecule has 0 atom stereocenters. The molecular weight excluding hydrogens is 146 g/mol. The highest BCUT2D eigenvalue weighted by atomic mass is 15.1. The minimum Gasteiger partial charge on any atom is -0.300 e. The second-order valence-corrected chi connectivity index (χ2v) is 3.88. The van der Waals surface area contributed by atoms with Crippen molar-refractivity contribution < 1.29 is 0 Å². The van der Waals surface area contributed by atoms with Gasteiger partial charge in [-0.3, -0.25) is 0 Å². The van der Waals surface area contributed by atoms with E-state index in [0.29, 0.717) is 0 Å². The van der Waals surface area contributed by atoms with Crippen LogP contribution in [0.15, 0.2) is 11.6 Å². The van der Waals surface area contributed by atoms with Crippen LogP contribution in [0.3, 0.4) is 0 Å². The Kier molecular flexibility index (Phi) is 3.80.